The lowest BCUT2D eigenvalue weighted by atomic mass is 9.79. The average Bonchev–Trinajstić information content (AvgIpc) is 3.53. The quantitative estimate of drug-likeness (QED) is 0.583. The van der Waals surface area contributed by atoms with E-state index < -0.39 is 0 Å². The highest BCUT2D eigenvalue weighted by molar-refractivity contribution is 7.10. The van der Waals surface area contributed by atoms with Crippen molar-refractivity contribution < 1.29 is 4.79 Å². The average molecular weight is 457 g/mol. The fourth-order valence-corrected chi connectivity index (χ4v) is 6.35. The van der Waals surface area contributed by atoms with Gasteiger partial charge in [-0.25, -0.2) is 5.01 Å². The largest absolute Gasteiger partial charge is 0.369 e. The van der Waals surface area contributed by atoms with Crippen LogP contribution in [-0.4, -0.2) is 54.3 Å². The number of hydrogen-bond acceptors (Lipinski definition) is 5. The van der Waals surface area contributed by atoms with E-state index >= 15 is 0 Å². The minimum Gasteiger partial charge on any atom is -0.369 e. The van der Waals surface area contributed by atoms with Gasteiger partial charge in [-0.1, -0.05) is 48.5 Å². The van der Waals surface area contributed by atoms with E-state index in [1.807, 2.05) is 5.01 Å². The maximum atomic E-state index is 13.6. The van der Waals surface area contributed by atoms with Crippen LogP contribution in [0, 0.1) is 5.92 Å². The molecule has 6 rings (SSSR count). The molecular weight excluding hydrogens is 428 g/mol. The third-order valence-electron chi connectivity index (χ3n) is 7.17. The highest BCUT2D eigenvalue weighted by Crippen LogP contribution is 2.44. The van der Waals surface area contributed by atoms with Gasteiger partial charge in [-0.05, 0) is 42.0 Å². The Balaban J connectivity index is 1.20. The fraction of sp³-hybridized carbons (Fsp3) is 0.333. The van der Waals surface area contributed by atoms with E-state index in [4.69, 9.17) is 5.10 Å². The third kappa shape index (κ3) is 3.87. The smallest absolute Gasteiger partial charge is 0.257 e. The van der Waals surface area contributed by atoms with Crippen LogP contribution in [0.2, 0.25) is 0 Å². The summed E-state index contributed by atoms with van der Waals surface area (Å²) in [6, 6.07) is 23.4. The Morgan fingerprint density at radius 1 is 0.939 bits per heavy atom. The summed E-state index contributed by atoms with van der Waals surface area (Å²) >= 11 is 1.73. The molecule has 3 aliphatic rings. The summed E-state index contributed by atoms with van der Waals surface area (Å²) in [6.45, 7) is 4.09. The number of fused-ring (bicyclic) bond motifs is 3. The molecule has 6 heteroatoms. The first-order valence-electron chi connectivity index (χ1n) is 11.8. The van der Waals surface area contributed by atoms with Gasteiger partial charge in [-0.15, -0.1) is 11.3 Å². The second-order valence-corrected chi connectivity index (χ2v) is 10.1. The predicted molar refractivity (Wildman–Crippen MR) is 134 cm³/mol. The summed E-state index contributed by atoms with van der Waals surface area (Å²) in [6.07, 6.45) is 2.09. The Morgan fingerprint density at radius 2 is 1.73 bits per heavy atom. The number of benzene rings is 2. The topological polar surface area (TPSA) is 39.2 Å². The van der Waals surface area contributed by atoms with E-state index in [0.29, 0.717) is 6.54 Å². The fourth-order valence-electron chi connectivity index (χ4n) is 5.48. The Bertz CT molecular complexity index is 1150. The van der Waals surface area contributed by atoms with E-state index in [1.54, 1.807) is 11.3 Å². The second kappa shape index (κ2) is 8.76. The van der Waals surface area contributed by atoms with E-state index in [1.165, 1.54) is 21.7 Å². The molecule has 5 nitrogen and oxygen atoms in total. The van der Waals surface area contributed by atoms with Crippen molar-refractivity contribution in [3.63, 3.8) is 0 Å². The first-order chi connectivity index (χ1) is 16.3. The summed E-state index contributed by atoms with van der Waals surface area (Å²) < 4.78 is 0. The molecule has 1 aliphatic carbocycles. The molecule has 33 heavy (non-hydrogen) atoms. The molecule has 2 aromatic carbocycles. The molecule has 0 N–H and O–H groups in total. The number of carbonyl (C=O) groups is 1. The van der Waals surface area contributed by atoms with Crippen molar-refractivity contribution in [3.8, 4) is 0 Å². The van der Waals surface area contributed by atoms with Gasteiger partial charge in [0.15, 0.2) is 0 Å². The molecule has 0 radical (unpaired) electrons. The highest BCUT2D eigenvalue weighted by Gasteiger charge is 2.44. The number of piperazine rings is 1. The van der Waals surface area contributed by atoms with Crippen LogP contribution >= 0.6 is 11.3 Å². The molecule has 1 saturated heterocycles. The maximum Gasteiger partial charge on any atom is 0.257 e. The van der Waals surface area contributed by atoms with Gasteiger partial charge in [0.1, 0.15) is 0 Å². The molecule has 3 heterocycles. The van der Waals surface area contributed by atoms with Crippen molar-refractivity contribution in [2.45, 2.75) is 18.9 Å². The number of para-hydroxylation sites is 1. The second-order valence-electron chi connectivity index (χ2n) is 9.08. The zero-order valence-corrected chi connectivity index (χ0v) is 19.5. The van der Waals surface area contributed by atoms with Crippen molar-refractivity contribution in [2.24, 2.45) is 11.0 Å². The van der Waals surface area contributed by atoms with Gasteiger partial charge in [0.2, 0.25) is 0 Å². The van der Waals surface area contributed by atoms with E-state index in [-0.39, 0.29) is 17.9 Å². The van der Waals surface area contributed by atoms with Crippen LogP contribution in [0.4, 0.5) is 5.69 Å². The number of carbonyl (C=O) groups excluding carboxylic acids is 1. The Morgan fingerprint density at radius 3 is 2.52 bits per heavy atom. The van der Waals surface area contributed by atoms with Gasteiger partial charge in [-0.3, -0.25) is 9.69 Å². The van der Waals surface area contributed by atoms with Crippen molar-refractivity contribution >= 4 is 28.6 Å². The number of anilines is 1. The zero-order chi connectivity index (χ0) is 22.2. The summed E-state index contributed by atoms with van der Waals surface area (Å²) in [4.78, 5) is 19.5. The molecular formula is C27H28N4OS. The lowest BCUT2D eigenvalue weighted by molar-refractivity contribution is -0.134. The Labute approximate surface area is 198 Å². The van der Waals surface area contributed by atoms with Crippen LogP contribution in [0.15, 0.2) is 77.2 Å². The first-order valence-corrected chi connectivity index (χ1v) is 12.7. The first kappa shape index (κ1) is 20.6. The summed E-state index contributed by atoms with van der Waals surface area (Å²) in [5, 5.41) is 8.91. The van der Waals surface area contributed by atoms with Crippen molar-refractivity contribution in [1.29, 1.82) is 0 Å². The van der Waals surface area contributed by atoms with Crippen LogP contribution in [0.1, 0.15) is 28.5 Å². The Hall–Kier alpha value is -2.96. The molecule has 1 fully saturated rings. The number of amides is 1. The van der Waals surface area contributed by atoms with Crippen LogP contribution < -0.4 is 4.90 Å². The number of thiophene rings is 1. The molecule has 0 spiro atoms. The van der Waals surface area contributed by atoms with E-state index in [2.05, 4.69) is 81.9 Å². The molecule has 1 amide bonds. The summed E-state index contributed by atoms with van der Waals surface area (Å²) in [7, 11) is 0. The van der Waals surface area contributed by atoms with Crippen LogP contribution in [0.3, 0.4) is 0 Å². The minimum atomic E-state index is 0.0199. The zero-order valence-electron chi connectivity index (χ0n) is 18.6. The van der Waals surface area contributed by atoms with E-state index in [0.717, 1.165) is 44.7 Å². The van der Waals surface area contributed by atoms with Gasteiger partial charge < -0.3 is 4.90 Å². The molecule has 3 aromatic rings. The number of hydrazone groups is 1. The highest BCUT2D eigenvalue weighted by atomic mass is 32.1. The van der Waals surface area contributed by atoms with Gasteiger partial charge in [0, 0.05) is 48.2 Å². The minimum absolute atomic E-state index is 0.0199. The van der Waals surface area contributed by atoms with Crippen LogP contribution in [0.25, 0.3) is 0 Å². The number of aryl methyl sites for hydroxylation is 1. The SMILES string of the molecule is O=C(CN1CCN(c2ccccc2)CC1)N1N=C2c3ccccc3CC[C@H]2[C@H]1c1cccs1. The summed E-state index contributed by atoms with van der Waals surface area (Å²) in [5.74, 6) is 0.387. The van der Waals surface area contributed by atoms with Crippen molar-refractivity contribution in [3.05, 3.63) is 88.1 Å². The number of hydrogen-bond donors (Lipinski definition) is 0. The normalized spacial score (nSPS) is 22.6. The molecule has 2 aliphatic heterocycles. The van der Waals surface area contributed by atoms with Crippen molar-refractivity contribution in [1.82, 2.24) is 9.91 Å². The lowest BCUT2D eigenvalue weighted by Crippen LogP contribution is -2.49. The maximum absolute atomic E-state index is 13.6. The molecule has 168 valence electrons. The molecule has 2 atom stereocenters. The standard InChI is InChI=1S/C27H28N4OS/c32-25(19-29-14-16-30(17-15-29)21-8-2-1-3-9-21)31-27(24-11-6-18-33-24)23-13-12-20-7-4-5-10-22(20)26(23)28-31/h1-11,18,23,27H,12-17,19H2/t23-,27+/m1/s1. The Kier molecular flexibility index (Phi) is 5.48. The monoisotopic (exact) mass is 456 g/mol. The van der Waals surface area contributed by atoms with Crippen LogP contribution in [0.5, 0.6) is 0 Å². The number of rotatable bonds is 4. The van der Waals surface area contributed by atoms with Gasteiger partial charge >= 0.3 is 0 Å². The third-order valence-corrected chi connectivity index (χ3v) is 8.11. The number of nitrogens with zero attached hydrogens (tertiary/aromatic N) is 4. The molecule has 1 aromatic heterocycles. The van der Waals surface area contributed by atoms with Gasteiger partial charge in [0.05, 0.1) is 18.3 Å². The lowest BCUT2D eigenvalue weighted by Gasteiger charge is -2.36. The van der Waals surface area contributed by atoms with Gasteiger partial charge in [-0.2, -0.15) is 5.10 Å². The summed E-state index contributed by atoms with van der Waals surface area (Å²) in [5.41, 5.74) is 4.93. The predicted octanol–water partition coefficient (Wildman–Crippen LogP) is 4.42. The van der Waals surface area contributed by atoms with Crippen molar-refractivity contribution in [2.75, 3.05) is 37.6 Å². The van der Waals surface area contributed by atoms with Crippen LogP contribution in [-0.2, 0) is 11.2 Å². The molecule has 0 unspecified atom stereocenters. The molecule has 0 bridgehead atoms. The van der Waals surface area contributed by atoms with Gasteiger partial charge in [0.25, 0.3) is 5.91 Å². The van der Waals surface area contributed by atoms with E-state index in [9.17, 15) is 4.79 Å². The molecule has 0 saturated carbocycles.